The number of methoxy groups -OCH3 is 3. The number of hydrogen-bond acceptors (Lipinski definition) is 27. The number of ether oxygens (including phenoxy) is 4. The van der Waals surface area contributed by atoms with Crippen molar-refractivity contribution < 1.29 is 27.7 Å². The fourth-order valence-electron chi connectivity index (χ4n) is 11.0. The van der Waals surface area contributed by atoms with Gasteiger partial charge >= 0.3 is 0 Å². The Morgan fingerprint density at radius 1 is 0.311 bits per heavy atom. The smallest absolute Gasteiger partial charge is 0.287 e. The summed E-state index contributed by atoms with van der Waals surface area (Å²) in [4.78, 5) is 93.1. The van der Waals surface area contributed by atoms with Crippen LogP contribution in [-0.2, 0) is 54.0 Å². The number of alkyl halides is 2. The van der Waals surface area contributed by atoms with E-state index in [-0.39, 0.29) is 54.9 Å². The fourth-order valence-corrected chi connectivity index (χ4v) is 11.0. The van der Waals surface area contributed by atoms with Crippen molar-refractivity contribution in [2.45, 2.75) is 322 Å². The van der Waals surface area contributed by atoms with Crippen molar-refractivity contribution in [2.24, 2.45) is 0 Å². The number of rotatable bonds is 9. The highest BCUT2D eigenvalue weighted by atomic mass is 19.3. The Kier molecular flexibility index (Phi) is 47.1. The third-order valence-corrected chi connectivity index (χ3v) is 19.0. The molecule has 13 heterocycles. The number of morpholine rings is 1. The lowest BCUT2D eigenvalue weighted by atomic mass is 9.89. The van der Waals surface area contributed by atoms with E-state index in [4.69, 9.17) is 18.9 Å². The van der Waals surface area contributed by atoms with Crippen molar-refractivity contribution >= 4 is 11.8 Å². The van der Waals surface area contributed by atoms with Gasteiger partial charge in [-0.3, -0.25) is 24.9 Å². The zero-order valence-corrected chi connectivity index (χ0v) is 86.7. The third kappa shape index (κ3) is 44.8. The highest BCUT2D eigenvalue weighted by Crippen LogP contribution is 2.29. The molecule has 13 rings (SSSR count). The minimum absolute atomic E-state index is 0.0193. The fraction of sp³-hybridized carbons (Fsp3) is 0.563. The van der Waals surface area contributed by atoms with Crippen LogP contribution in [0.15, 0.2) is 154 Å². The number of halogens is 2. The summed E-state index contributed by atoms with van der Waals surface area (Å²) in [7, 11) is 4.82. The van der Waals surface area contributed by atoms with Crippen molar-refractivity contribution in [1.29, 1.82) is 0 Å². The maximum absolute atomic E-state index is 12.8. The molecule has 2 aliphatic heterocycles. The first-order valence-electron chi connectivity index (χ1n) is 45.4. The summed E-state index contributed by atoms with van der Waals surface area (Å²) < 4.78 is 45.9. The maximum atomic E-state index is 12.8. The van der Waals surface area contributed by atoms with Crippen LogP contribution >= 0.6 is 0 Å². The number of pyridine rings is 1. The molecule has 0 amide bonds. The molecule has 722 valence electrons. The van der Waals surface area contributed by atoms with Gasteiger partial charge in [0.05, 0.1) is 57.3 Å². The first kappa shape index (κ1) is 115. The minimum atomic E-state index is -2.88. The molecular formula is C103H157F2N23O4. The molecular weight excluding hydrogens is 1660 g/mol. The lowest BCUT2D eigenvalue weighted by molar-refractivity contribution is 0.0123. The van der Waals surface area contributed by atoms with Gasteiger partial charge in [-0.05, 0) is 93.3 Å². The SMILES string of the molecule is CC(C)(C)c1ccccn1.CC(C)(C)c1cnc(N2CCOCC2)nc1.CC(C)(C)c1nccc(N2CCCCC2)n1.CC(C)(C)c1ncccn1.CC(C)c1nccc(C(C)(F)F)n1.COc1ccnc(C(C)(C)C)n1.COc1ccnc(C(C)(C)C)n1.COc1ccnc(C(C)C)n1.Cc1ccnc(C(C)(C)C)n1.Cc1cnc(C(C)(C)C)cn1.Cc1nccnc1C(C)C. The first-order chi connectivity index (χ1) is 61.3. The summed E-state index contributed by atoms with van der Waals surface area (Å²) in [6.45, 7) is 75.3. The second kappa shape index (κ2) is 54.1. The summed E-state index contributed by atoms with van der Waals surface area (Å²) in [5.41, 5.74) is 7.82. The topological polar surface area (TPSA) is 314 Å². The van der Waals surface area contributed by atoms with Crippen LogP contribution in [0.25, 0.3) is 0 Å². The van der Waals surface area contributed by atoms with Crippen LogP contribution in [0.5, 0.6) is 17.6 Å². The summed E-state index contributed by atoms with van der Waals surface area (Å²) in [6.07, 6.45) is 30.5. The molecule has 2 aliphatic rings. The van der Waals surface area contributed by atoms with Gasteiger partial charge in [-0.2, -0.15) is 23.7 Å². The summed E-state index contributed by atoms with van der Waals surface area (Å²) in [6, 6.07) is 18.3. The van der Waals surface area contributed by atoms with Crippen LogP contribution < -0.4 is 24.0 Å². The normalized spacial score (nSPS) is 12.8. The van der Waals surface area contributed by atoms with E-state index < -0.39 is 5.92 Å². The zero-order valence-electron chi connectivity index (χ0n) is 86.7. The zero-order chi connectivity index (χ0) is 99.7. The van der Waals surface area contributed by atoms with E-state index in [9.17, 15) is 8.78 Å². The van der Waals surface area contributed by atoms with E-state index in [1.54, 1.807) is 89.1 Å². The standard InChI is InChI=1S/C13H21N3.C12H19N3O.C9H12F2N2.2C9H14N2O.2C9H14N2.C9H13N.C8H12N2O.2C8H12N2/c1-13(2,3)12-14-8-7-11(15-12)16-9-5-4-6-10-16;1-12(2,3)10-8-13-11(14-9-10)15-4-6-16-7-5-15;1-6(2)8-12-5-4-7(13-8)9(3,10)11;2*1-9(2,3)8-10-6-5-7(11-8)12-4;1-7-5-11-8(6-10-7)9(2,3)4;1-7-5-6-10-8(11-7)9(2,3)4;1-9(2,3)8-6-4-5-7-10-8;1-6(2)8-9-5-4-7(10-8)11-3;1-8(2,3)7-9-5-4-6-10-7;1-6(2)8-7(3)9-4-5-10-8/h7-8H,4-6,9-10H2,1-3H3;8-9H,4-7H2,1-3H3;4-6H,1-3H3;2*5-6H,1-4H3;2*5-6H,1-4H3;4-7H,1-3H3;4-6H,1-3H3;2*4-6H,1-3H3. The van der Waals surface area contributed by atoms with Crippen molar-refractivity contribution in [3.8, 4) is 17.6 Å². The summed E-state index contributed by atoms with van der Waals surface area (Å²) in [5, 5.41) is 0. The monoisotopic (exact) mass is 1820 g/mol. The molecule has 0 unspecified atom stereocenters. The van der Waals surface area contributed by atoms with Crippen molar-refractivity contribution in [3.05, 3.63) is 240 Å². The van der Waals surface area contributed by atoms with Crippen molar-refractivity contribution in [1.82, 2.24) is 105 Å². The van der Waals surface area contributed by atoms with E-state index in [1.807, 2.05) is 102 Å². The minimum Gasteiger partial charge on any atom is -0.481 e. The number of piperidine rings is 1. The molecule has 2 saturated heterocycles. The number of nitrogens with zero attached hydrogens (tertiary/aromatic N) is 23. The predicted octanol–water partition coefficient (Wildman–Crippen LogP) is 22.5. The van der Waals surface area contributed by atoms with Crippen LogP contribution in [0.1, 0.15) is 338 Å². The number of anilines is 2. The van der Waals surface area contributed by atoms with Gasteiger partial charge in [0.15, 0.2) is 0 Å². The molecule has 2 fully saturated rings. The maximum Gasteiger partial charge on any atom is 0.287 e. The quantitative estimate of drug-likeness (QED) is 0.130. The van der Waals surface area contributed by atoms with Gasteiger partial charge in [0.1, 0.15) is 52.3 Å². The Morgan fingerprint density at radius 2 is 0.735 bits per heavy atom. The van der Waals surface area contributed by atoms with Gasteiger partial charge in [0.25, 0.3) is 5.92 Å². The second-order valence-electron chi connectivity index (χ2n) is 41.0. The van der Waals surface area contributed by atoms with Crippen LogP contribution in [0.3, 0.4) is 0 Å². The van der Waals surface area contributed by atoms with E-state index in [1.165, 1.54) is 37.1 Å². The van der Waals surface area contributed by atoms with Crippen molar-refractivity contribution in [2.75, 3.05) is 70.5 Å². The summed E-state index contributed by atoms with van der Waals surface area (Å²) >= 11 is 0. The second-order valence-corrected chi connectivity index (χ2v) is 41.0. The molecule has 27 nitrogen and oxygen atoms in total. The van der Waals surface area contributed by atoms with E-state index in [0.717, 1.165) is 127 Å². The average molecular weight is 1820 g/mol. The molecule has 0 N–H and O–H groups in total. The Labute approximate surface area is 789 Å². The van der Waals surface area contributed by atoms with Crippen LogP contribution in [0.4, 0.5) is 20.5 Å². The van der Waals surface area contributed by atoms with Crippen LogP contribution in [-0.4, -0.2) is 165 Å². The molecule has 0 atom stereocenters. The molecule has 11 aromatic heterocycles. The van der Waals surface area contributed by atoms with Gasteiger partial charge in [0.2, 0.25) is 23.6 Å². The van der Waals surface area contributed by atoms with E-state index in [2.05, 4.69) is 314 Å². The number of aromatic nitrogens is 21. The molecule has 0 saturated carbocycles. The van der Waals surface area contributed by atoms with Gasteiger partial charge in [0, 0.05) is 205 Å². The predicted molar refractivity (Wildman–Crippen MR) is 529 cm³/mol. The Hall–Kier alpha value is -11.2. The molecule has 0 bridgehead atoms. The van der Waals surface area contributed by atoms with E-state index in [0.29, 0.717) is 35.3 Å². The van der Waals surface area contributed by atoms with Gasteiger partial charge in [-0.1, -0.05) is 214 Å². The average Bonchev–Trinajstić information content (AvgIpc) is 0.824. The van der Waals surface area contributed by atoms with Gasteiger partial charge < -0.3 is 28.7 Å². The summed E-state index contributed by atoms with van der Waals surface area (Å²) in [5.74, 6) is 7.45. The van der Waals surface area contributed by atoms with E-state index >= 15 is 0 Å². The molecule has 11 aromatic rings. The molecule has 0 radical (unpaired) electrons. The van der Waals surface area contributed by atoms with Gasteiger partial charge in [-0.25, -0.2) is 64.8 Å². The van der Waals surface area contributed by atoms with Crippen LogP contribution in [0, 0.1) is 20.8 Å². The highest BCUT2D eigenvalue weighted by Gasteiger charge is 2.28. The Balaban J connectivity index is 0.000000376. The third-order valence-electron chi connectivity index (χ3n) is 19.0. The molecule has 0 aromatic carbocycles. The Morgan fingerprint density at radius 3 is 1.11 bits per heavy atom. The number of hydrogen-bond donors (Lipinski definition) is 0. The van der Waals surface area contributed by atoms with Gasteiger partial charge in [-0.15, -0.1) is 0 Å². The lowest BCUT2D eigenvalue weighted by Crippen LogP contribution is -2.37. The van der Waals surface area contributed by atoms with Crippen LogP contribution in [0.2, 0.25) is 0 Å². The first-order valence-corrected chi connectivity index (χ1v) is 45.4. The highest BCUT2D eigenvalue weighted by molar-refractivity contribution is 5.39. The van der Waals surface area contributed by atoms with Crippen molar-refractivity contribution in [3.63, 3.8) is 0 Å². The molecule has 0 spiro atoms. The molecule has 29 heteroatoms. The number of aryl methyl sites for hydroxylation is 3. The Bertz CT molecular complexity index is 4910. The molecule has 132 heavy (non-hydrogen) atoms. The lowest BCUT2D eigenvalue weighted by Gasteiger charge is -2.28. The largest absolute Gasteiger partial charge is 0.481 e. The molecule has 0 aliphatic carbocycles.